The molecule has 1 aliphatic carbocycles. The maximum atomic E-state index is 6.20. The van der Waals surface area contributed by atoms with Crippen LogP contribution in [0.4, 0.5) is 34.1 Å². The van der Waals surface area contributed by atoms with Gasteiger partial charge >= 0.3 is 0 Å². The number of para-hydroxylation sites is 4. The zero-order valence-corrected chi connectivity index (χ0v) is 35.8. The molecule has 0 bridgehead atoms. The number of furan rings is 1. The second-order valence-electron chi connectivity index (χ2n) is 16.8. The number of anilines is 6. The molecule has 0 saturated carbocycles. The Kier molecular flexibility index (Phi) is 9.65. The highest BCUT2D eigenvalue weighted by molar-refractivity contribution is 6.09. The van der Waals surface area contributed by atoms with Crippen LogP contribution in [0.3, 0.4) is 0 Å². The molecule has 0 unspecified atom stereocenters. The van der Waals surface area contributed by atoms with Gasteiger partial charge in [-0.1, -0.05) is 158 Å². The van der Waals surface area contributed by atoms with Gasteiger partial charge in [0.05, 0.1) is 0 Å². The second-order valence-corrected chi connectivity index (χ2v) is 16.8. The lowest BCUT2D eigenvalue weighted by molar-refractivity contribution is 0.669. The molecule has 0 radical (unpaired) electrons. The van der Waals surface area contributed by atoms with Gasteiger partial charge in [0.15, 0.2) is 0 Å². The molecule has 0 fully saturated rings. The number of allylic oxidation sites excluding steroid dienone is 1. The fraction of sp³-hybridized carbons (Fsp3) is 0.0323. The predicted octanol–water partition coefficient (Wildman–Crippen LogP) is 17.6. The van der Waals surface area contributed by atoms with Crippen LogP contribution in [0.5, 0.6) is 0 Å². The Balaban J connectivity index is 0.930. The highest BCUT2D eigenvalue weighted by Gasteiger charge is 2.23. The van der Waals surface area contributed by atoms with Crippen molar-refractivity contribution in [3.05, 3.63) is 248 Å². The van der Waals surface area contributed by atoms with Crippen LogP contribution in [0, 0.1) is 0 Å². The summed E-state index contributed by atoms with van der Waals surface area (Å²) in [5, 5.41) is 4.72. The summed E-state index contributed by atoms with van der Waals surface area (Å²) in [5.41, 5.74) is 18.5. The Morgan fingerprint density at radius 3 is 1.71 bits per heavy atom. The summed E-state index contributed by atoms with van der Waals surface area (Å²) in [6, 6.07) is 83.0. The quantitative estimate of drug-likeness (QED) is 0.144. The van der Waals surface area contributed by atoms with Gasteiger partial charge < -0.3 is 14.2 Å². The van der Waals surface area contributed by atoms with Gasteiger partial charge in [0, 0.05) is 44.9 Å². The van der Waals surface area contributed by atoms with E-state index in [0.29, 0.717) is 0 Å². The zero-order valence-electron chi connectivity index (χ0n) is 35.8. The Morgan fingerprint density at radius 2 is 0.969 bits per heavy atom. The third-order valence-corrected chi connectivity index (χ3v) is 12.9. The first-order valence-electron chi connectivity index (χ1n) is 22.5. The van der Waals surface area contributed by atoms with Crippen molar-refractivity contribution >= 4 is 72.9 Å². The normalized spacial score (nSPS) is 12.1. The van der Waals surface area contributed by atoms with Crippen LogP contribution in [0.15, 0.2) is 241 Å². The van der Waals surface area contributed by atoms with E-state index in [4.69, 9.17) is 4.42 Å². The van der Waals surface area contributed by atoms with Gasteiger partial charge in [0.25, 0.3) is 0 Å². The Morgan fingerprint density at radius 1 is 0.369 bits per heavy atom. The third kappa shape index (κ3) is 6.95. The van der Waals surface area contributed by atoms with Crippen molar-refractivity contribution in [3.8, 4) is 33.4 Å². The highest BCUT2D eigenvalue weighted by atomic mass is 16.3. The minimum absolute atomic E-state index is 0.889. The molecule has 3 nitrogen and oxygen atoms in total. The van der Waals surface area contributed by atoms with Crippen molar-refractivity contribution in [2.75, 3.05) is 9.80 Å². The molecule has 12 rings (SSSR count). The minimum Gasteiger partial charge on any atom is -0.456 e. The molecule has 0 N–H and O–H groups in total. The van der Waals surface area contributed by atoms with Crippen LogP contribution in [-0.4, -0.2) is 0 Å². The zero-order chi connectivity index (χ0) is 43.1. The van der Waals surface area contributed by atoms with E-state index in [-0.39, 0.29) is 0 Å². The molecular formula is C62H44N2O. The van der Waals surface area contributed by atoms with E-state index in [9.17, 15) is 0 Å². The van der Waals surface area contributed by atoms with E-state index in [1.807, 2.05) is 12.1 Å². The lowest BCUT2D eigenvalue weighted by Gasteiger charge is -2.30. The minimum atomic E-state index is 0.889. The van der Waals surface area contributed by atoms with Gasteiger partial charge in [-0.15, -0.1) is 0 Å². The van der Waals surface area contributed by atoms with Crippen molar-refractivity contribution in [3.63, 3.8) is 0 Å². The summed E-state index contributed by atoms with van der Waals surface area (Å²) in [7, 11) is 0. The van der Waals surface area contributed by atoms with Crippen molar-refractivity contribution in [2.45, 2.75) is 12.8 Å². The smallest absolute Gasteiger partial charge is 0.135 e. The van der Waals surface area contributed by atoms with Gasteiger partial charge in [-0.05, 0) is 153 Å². The largest absolute Gasteiger partial charge is 0.456 e. The predicted molar refractivity (Wildman–Crippen MR) is 274 cm³/mol. The summed E-state index contributed by atoms with van der Waals surface area (Å²) >= 11 is 0. The molecule has 1 aromatic heterocycles. The van der Waals surface area contributed by atoms with Crippen LogP contribution in [0.2, 0.25) is 0 Å². The summed E-state index contributed by atoms with van der Waals surface area (Å²) < 4.78 is 6.20. The molecule has 308 valence electrons. The summed E-state index contributed by atoms with van der Waals surface area (Å²) in [6.07, 6.45) is 6.68. The Labute approximate surface area is 379 Å². The van der Waals surface area contributed by atoms with Gasteiger partial charge in [-0.25, -0.2) is 0 Å². The molecule has 0 atom stereocenters. The van der Waals surface area contributed by atoms with Gasteiger partial charge in [-0.3, -0.25) is 0 Å². The van der Waals surface area contributed by atoms with Crippen molar-refractivity contribution in [2.24, 2.45) is 0 Å². The van der Waals surface area contributed by atoms with Gasteiger partial charge in [0.2, 0.25) is 0 Å². The SMILES string of the molecule is C1=Cc2c(-c3cccc4cccc(-c5cccc(-c6ccc(N(c7ccccc7)c7ccc8oc9ccccc9c8c7)cc6)c5)c34)ccc(N(c3ccccc3)c3ccccc3)c2CC1. The van der Waals surface area contributed by atoms with E-state index in [2.05, 4.69) is 240 Å². The lowest BCUT2D eigenvalue weighted by atomic mass is 9.84. The number of nitrogens with zero attached hydrogens (tertiary/aromatic N) is 2. The van der Waals surface area contributed by atoms with Gasteiger partial charge in [-0.2, -0.15) is 0 Å². The molecule has 3 heteroatoms. The highest BCUT2D eigenvalue weighted by Crippen LogP contribution is 2.46. The van der Waals surface area contributed by atoms with Crippen LogP contribution in [0.25, 0.3) is 72.2 Å². The standard InChI is InChI=1S/C62H44N2O/c1-4-21-47(22-5-1)63(51-37-40-61-58(42-51)56-29-12-13-32-60(56)65-61)50-35-33-43(34-36-50)45-19-14-20-46(41-45)52-30-15-17-44-18-16-31-57(62(44)52)54-38-39-59(55-28-11-10-27-53(54)55)64(48-23-6-2-7-24-48)49-25-8-3-9-26-49/h1-10,12-27,29-42H,11,28H2. The Bertz CT molecular complexity index is 3490. The van der Waals surface area contributed by atoms with Crippen LogP contribution < -0.4 is 9.80 Å². The molecule has 10 aromatic carbocycles. The number of fused-ring (bicyclic) bond motifs is 5. The molecule has 0 spiro atoms. The molecule has 0 amide bonds. The monoisotopic (exact) mass is 832 g/mol. The van der Waals surface area contributed by atoms with E-state index in [1.54, 1.807) is 0 Å². The average Bonchev–Trinajstić information content (AvgIpc) is 3.76. The van der Waals surface area contributed by atoms with E-state index >= 15 is 0 Å². The first-order valence-corrected chi connectivity index (χ1v) is 22.5. The van der Waals surface area contributed by atoms with Crippen LogP contribution >= 0.6 is 0 Å². The van der Waals surface area contributed by atoms with Gasteiger partial charge in [0.1, 0.15) is 11.2 Å². The molecule has 1 heterocycles. The molecule has 1 aliphatic rings. The number of hydrogen-bond donors (Lipinski definition) is 0. The topological polar surface area (TPSA) is 19.6 Å². The second kappa shape index (κ2) is 16.4. The van der Waals surface area contributed by atoms with Crippen molar-refractivity contribution in [1.82, 2.24) is 0 Å². The first kappa shape index (κ1) is 38.3. The molecule has 65 heavy (non-hydrogen) atoms. The van der Waals surface area contributed by atoms with Crippen LogP contribution in [0.1, 0.15) is 17.5 Å². The van der Waals surface area contributed by atoms with Crippen LogP contribution in [-0.2, 0) is 6.42 Å². The van der Waals surface area contributed by atoms with E-state index in [1.165, 1.54) is 55.4 Å². The summed E-state index contributed by atoms with van der Waals surface area (Å²) in [4.78, 5) is 4.73. The van der Waals surface area contributed by atoms with Crippen molar-refractivity contribution in [1.29, 1.82) is 0 Å². The Hall–Kier alpha value is -8.40. The fourth-order valence-corrected chi connectivity index (χ4v) is 9.91. The third-order valence-electron chi connectivity index (χ3n) is 12.9. The molecule has 0 aliphatic heterocycles. The molecule has 11 aromatic rings. The maximum Gasteiger partial charge on any atom is 0.135 e. The van der Waals surface area contributed by atoms with E-state index < -0.39 is 0 Å². The maximum absolute atomic E-state index is 6.20. The molecular weight excluding hydrogens is 789 g/mol. The lowest BCUT2D eigenvalue weighted by Crippen LogP contribution is -2.14. The summed E-state index contributed by atoms with van der Waals surface area (Å²) in [6.45, 7) is 0. The van der Waals surface area contributed by atoms with Crippen molar-refractivity contribution < 1.29 is 4.42 Å². The number of hydrogen-bond acceptors (Lipinski definition) is 3. The number of rotatable bonds is 9. The van der Waals surface area contributed by atoms with E-state index in [0.717, 1.165) is 68.8 Å². The number of benzene rings is 10. The first-order chi connectivity index (χ1) is 32.2. The summed E-state index contributed by atoms with van der Waals surface area (Å²) in [5.74, 6) is 0. The fourth-order valence-electron chi connectivity index (χ4n) is 9.91. The molecule has 0 saturated heterocycles. The average molecular weight is 833 g/mol.